The second-order valence-corrected chi connectivity index (χ2v) is 9.44. The lowest BCUT2D eigenvalue weighted by atomic mass is 10.1. The highest BCUT2D eigenvalue weighted by Crippen LogP contribution is 2.36. The molecule has 1 fully saturated rings. The Morgan fingerprint density at radius 1 is 0.622 bits per heavy atom. The fourth-order valence-corrected chi connectivity index (χ4v) is 5.31. The fourth-order valence-electron chi connectivity index (χ4n) is 5.31. The molecule has 0 amide bonds. The van der Waals surface area contributed by atoms with Crippen LogP contribution in [0.1, 0.15) is 33.3 Å². The second kappa shape index (κ2) is 10.6. The zero-order chi connectivity index (χ0) is 25.0. The lowest BCUT2D eigenvalue weighted by Gasteiger charge is -2.20. The SMILES string of the molecule is O=Cc1ccc(N2CCc3ccccc32)cc1.c1ccc2c(c1)CCN2c1ccc(C2OCCO2)cc1. The van der Waals surface area contributed by atoms with Crippen molar-refractivity contribution < 1.29 is 14.3 Å². The van der Waals surface area contributed by atoms with E-state index in [0.29, 0.717) is 13.2 Å². The van der Waals surface area contributed by atoms with Crippen molar-refractivity contribution in [2.24, 2.45) is 0 Å². The Morgan fingerprint density at radius 3 is 1.62 bits per heavy atom. The van der Waals surface area contributed by atoms with Gasteiger partial charge in [0.25, 0.3) is 0 Å². The molecule has 0 unspecified atom stereocenters. The highest BCUT2D eigenvalue weighted by molar-refractivity contribution is 5.77. The van der Waals surface area contributed by atoms with E-state index in [-0.39, 0.29) is 6.29 Å². The zero-order valence-corrected chi connectivity index (χ0v) is 20.8. The molecule has 3 aliphatic rings. The maximum atomic E-state index is 10.6. The fraction of sp³-hybridized carbons (Fsp3) is 0.219. The summed E-state index contributed by atoms with van der Waals surface area (Å²) in [6.07, 6.45) is 2.90. The normalized spacial score (nSPS) is 16.2. The maximum absolute atomic E-state index is 10.6. The Hall–Kier alpha value is -3.93. The van der Waals surface area contributed by atoms with E-state index in [1.54, 1.807) is 0 Å². The van der Waals surface area contributed by atoms with Gasteiger partial charge in [0.1, 0.15) is 6.29 Å². The number of ether oxygens (including phenoxy) is 2. The van der Waals surface area contributed by atoms with Crippen LogP contribution in [-0.4, -0.2) is 32.6 Å². The molecule has 3 aliphatic heterocycles. The molecule has 1 saturated heterocycles. The number of carbonyl (C=O) groups is 1. The minimum Gasteiger partial charge on any atom is -0.346 e. The van der Waals surface area contributed by atoms with Crippen LogP contribution in [-0.2, 0) is 22.3 Å². The van der Waals surface area contributed by atoms with Gasteiger partial charge in [-0.15, -0.1) is 0 Å². The van der Waals surface area contributed by atoms with Crippen LogP contribution >= 0.6 is 0 Å². The summed E-state index contributed by atoms with van der Waals surface area (Å²) >= 11 is 0. The van der Waals surface area contributed by atoms with E-state index >= 15 is 0 Å². The molecule has 0 saturated carbocycles. The summed E-state index contributed by atoms with van der Waals surface area (Å²) in [7, 11) is 0. The van der Waals surface area contributed by atoms with Gasteiger partial charge in [-0.1, -0.05) is 48.5 Å². The number of nitrogens with zero attached hydrogens (tertiary/aromatic N) is 2. The largest absolute Gasteiger partial charge is 0.346 e. The van der Waals surface area contributed by atoms with Gasteiger partial charge in [0.05, 0.1) is 13.2 Å². The minimum absolute atomic E-state index is 0.185. The van der Waals surface area contributed by atoms with Crippen LogP contribution in [0.15, 0.2) is 97.1 Å². The third-order valence-electron chi connectivity index (χ3n) is 7.21. The number of anilines is 4. The molecular formula is C32H30N2O3. The van der Waals surface area contributed by atoms with Gasteiger partial charge in [0.2, 0.25) is 0 Å². The van der Waals surface area contributed by atoms with E-state index in [1.165, 1.54) is 28.2 Å². The van der Waals surface area contributed by atoms with E-state index in [2.05, 4.69) is 82.6 Å². The summed E-state index contributed by atoms with van der Waals surface area (Å²) in [5, 5.41) is 0. The number of hydrogen-bond acceptors (Lipinski definition) is 5. The number of benzene rings is 4. The van der Waals surface area contributed by atoms with E-state index in [4.69, 9.17) is 9.47 Å². The Bertz CT molecular complexity index is 1360. The van der Waals surface area contributed by atoms with Crippen molar-refractivity contribution in [3.8, 4) is 0 Å². The molecule has 0 aliphatic carbocycles. The van der Waals surface area contributed by atoms with Crippen molar-refractivity contribution in [3.63, 3.8) is 0 Å². The molecule has 0 atom stereocenters. The Balaban J connectivity index is 0.000000138. The summed E-state index contributed by atoms with van der Waals surface area (Å²) in [6.45, 7) is 3.44. The van der Waals surface area contributed by atoms with Crippen molar-refractivity contribution in [1.82, 2.24) is 0 Å². The van der Waals surface area contributed by atoms with E-state index in [1.807, 2.05) is 24.3 Å². The average molecular weight is 491 g/mol. The molecule has 5 heteroatoms. The lowest BCUT2D eigenvalue weighted by molar-refractivity contribution is -0.0441. The van der Waals surface area contributed by atoms with Crippen LogP contribution in [0.5, 0.6) is 0 Å². The lowest BCUT2D eigenvalue weighted by Crippen LogP contribution is -2.13. The molecule has 3 heterocycles. The molecule has 0 radical (unpaired) electrons. The molecular weight excluding hydrogens is 460 g/mol. The molecule has 0 aromatic heterocycles. The molecule has 4 aromatic carbocycles. The Morgan fingerprint density at radius 2 is 1.11 bits per heavy atom. The minimum atomic E-state index is -0.185. The zero-order valence-electron chi connectivity index (χ0n) is 20.8. The molecule has 186 valence electrons. The smallest absolute Gasteiger partial charge is 0.184 e. The highest BCUT2D eigenvalue weighted by atomic mass is 16.7. The van der Waals surface area contributed by atoms with Crippen molar-refractivity contribution >= 4 is 29.0 Å². The van der Waals surface area contributed by atoms with Gasteiger partial charge in [-0.25, -0.2) is 0 Å². The highest BCUT2D eigenvalue weighted by Gasteiger charge is 2.22. The number of para-hydroxylation sites is 2. The van der Waals surface area contributed by atoms with Crippen molar-refractivity contribution in [1.29, 1.82) is 0 Å². The molecule has 0 N–H and O–H groups in total. The average Bonchev–Trinajstić information content (AvgIpc) is 3.74. The molecule has 7 rings (SSSR count). The van der Waals surface area contributed by atoms with Crippen molar-refractivity contribution in [2.45, 2.75) is 19.1 Å². The maximum Gasteiger partial charge on any atom is 0.184 e. The molecule has 0 bridgehead atoms. The first-order valence-corrected chi connectivity index (χ1v) is 12.9. The monoisotopic (exact) mass is 490 g/mol. The van der Waals surface area contributed by atoms with Crippen LogP contribution in [0.3, 0.4) is 0 Å². The number of hydrogen-bond donors (Lipinski definition) is 0. The Labute approximate surface area is 217 Å². The summed E-state index contributed by atoms with van der Waals surface area (Å²) in [4.78, 5) is 15.3. The van der Waals surface area contributed by atoms with Crippen molar-refractivity contribution in [3.05, 3.63) is 119 Å². The number of carbonyl (C=O) groups excluding carboxylic acids is 1. The van der Waals surface area contributed by atoms with Gasteiger partial charge < -0.3 is 19.3 Å². The first kappa shape index (κ1) is 23.5. The van der Waals surface area contributed by atoms with Crippen LogP contribution in [0.25, 0.3) is 0 Å². The van der Waals surface area contributed by atoms with Gasteiger partial charge in [-0.2, -0.15) is 0 Å². The Kier molecular flexibility index (Phi) is 6.72. The summed E-state index contributed by atoms with van der Waals surface area (Å²) in [5.74, 6) is 0. The first-order valence-electron chi connectivity index (χ1n) is 12.9. The summed E-state index contributed by atoms with van der Waals surface area (Å²) in [5.41, 5.74) is 9.64. The van der Waals surface area contributed by atoms with Gasteiger partial charge >= 0.3 is 0 Å². The van der Waals surface area contributed by atoms with Crippen molar-refractivity contribution in [2.75, 3.05) is 36.1 Å². The topological polar surface area (TPSA) is 42.0 Å². The quantitative estimate of drug-likeness (QED) is 0.301. The van der Waals surface area contributed by atoms with Gasteiger partial charge in [-0.3, -0.25) is 4.79 Å². The van der Waals surface area contributed by atoms with Crippen LogP contribution in [0.4, 0.5) is 22.7 Å². The first-order chi connectivity index (χ1) is 18.3. The number of aldehydes is 1. The van der Waals surface area contributed by atoms with E-state index in [0.717, 1.165) is 49.0 Å². The predicted octanol–water partition coefficient (Wildman–Crippen LogP) is 6.62. The van der Waals surface area contributed by atoms with Gasteiger partial charge in [0, 0.05) is 47.0 Å². The van der Waals surface area contributed by atoms with Crippen LogP contribution in [0.2, 0.25) is 0 Å². The number of fused-ring (bicyclic) bond motifs is 2. The number of rotatable bonds is 4. The standard InChI is InChI=1S/C17H17NO2.C15H13NO/c1-2-4-16-13(3-1)9-10-18(16)15-7-5-14(6-8-15)17-19-11-12-20-17;17-11-12-5-7-14(8-6-12)16-10-9-13-3-1-2-4-15(13)16/h1-8,17H,9-12H2;1-8,11H,9-10H2. The van der Waals surface area contributed by atoms with Crippen LogP contribution in [0, 0.1) is 0 Å². The van der Waals surface area contributed by atoms with Gasteiger partial charge in [-0.05, 0) is 72.5 Å². The predicted molar refractivity (Wildman–Crippen MR) is 147 cm³/mol. The van der Waals surface area contributed by atoms with E-state index in [9.17, 15) is 4.79 Å². The summed E-state index contributed by atoms with van der Waals surface area (Å²) in [6, 6.07) is 33.3. The molecule has 37 heavy (non-hydrogen) atoms. The van der Waals surface area contributed by atoms with Crippen LogP contribution < -0.4 is 9.80 Å². The summed E-state index contributed by atoms with van der Waals surface area (Å²) < 4.78 is 11.0. The van der Waals surface area contributed by atoms with E-state index < -0.39 is 0 Å². The third kappa shape index (κ3) is 4.88. The molecule has 5 nitrogen and oxygen atoms in total. The van der Waals surface area contributed by atoms with Gasteiger partial charge in [0.15, 0.2) is 6.29 Å². The molecule has 0 spiro atoms. The molecule has 4 aromatic rings. The third-order valence-corrected chi connectivity index (χ3v) is 7.21. The second-order valence-electron chi connectivity index (χ2n) is 9.44.